The van der Waals surface area contributed by atoms with Gasteiger partial charge in [0.15, 0.2) is 0 Å². The van der Waals surface area contributed by atoms with Gasteiger partial charge in [-0.2, -0.15) is 5.26 Å². The van der Waals surface area contributed by atoms with Crippen molar-refractivity contribution in [2.24, 2.45) is 0 Å². The number of aromatic amines is 1. The highest BCUT2D eigenvalue weighted by molar-refractivity contribution is 6.03. The van der Waals surface area contributed by atoms with Crippen LogP contribution in [0.1, 0.15) is 11.3 Å². The summed E-state index contributed by atoms with van der Waals surface area (Å²) in [5, 5.41) is 14.8. The number of pyridine rings is 1. The Morgan fingerprint density at radius 2 is 1.95 bits per heavy atom. The topological polar surface area (TPSA) is 97.8 Å². The van der Waals surface area contributed by atoms with E-state index in [9.17, 15) is 9.59 Å². The van der Waals surface area contributed by atoms with Crippen LogP contribution in [0.25, 0.3) is 11.1 Å². The summed E-state index contributed by atoms with van der Waals surface area (Å²) < 4.78 is 0. The predicted molar refractivity (Wildman–Crippen MR) is 83.3 cm³/mol. The third-order valence-electron chi connectivity index (χ3n) is 3.42. The molecule has 0 aliphatic carbocycles. The van der Waals surface area contributed by atoms with Gasteiger partial charge in [0.1, 0.15) is 11.6 Å². The molecule has 0 saturated carbocycles. The van der Waals surface area contributed by atoms with Crippen LogP contribution in [0, 0.1) is 18.3 Å². The van der Waals surface area contributed by atoms with E-state index in [1.807, 2.05) is 18.2 Å². The first-order valence-corrected chi connectivity index (χ1v) is 6.61. The van der Waals surface area contributed by atoms with Crippen LogP contribution in [0.3, 0.4) is 0 Å². The van der Waals surface area contributed by atoms with Crippen molar-refractivity contribution in [3.05, 3.63) is 58.2 Å². The van der Waals surface area contributed by atoms with Crippen LogP contribution in [0.4, 0.5) is 11.4 Å². The lowest BCUT2D eigenvalue weighted by atomic mass is 10.0. The molecule has 0 saturated heterocycles. The van der Waals surface area contributed by atoms with E-state index < -0.39 is 5.56 Å². The monoisotopic (exact) mass is 292 g/mol. The van der Waals surface area contributed by atoms with Crippen molar-refractivity contribution >= 4 is 17.3 Å². The van der Waals surface area contributed by atoms with Crippen LogP contribution in [-0.4, -0.2) is 10.9 Å². The van der Waals surface area contributed by atoms with E-state index in [0.29, 0.717) is 11.4 Å². The van der Waals surface area contributed by atoms with Crippen molar-refractivity contribution in [2.45, 2.75) is 6.92 Å². The van der Waals surface area contributed by atoms with Crippen LogP contribution >= 0.6 is 0 Å². The lowest BCUT2D eigenvalue weighted by Crippen LogP contribution is -2.12. The average molecular weight is 292 g/mol. The van der Waals surface area contributed by atoms with Gasteiger partial charge in [-0.15, -0.1) is 0 Å². The van der Waals surface area contributed by atoms with Crippen LogP contribution in [0.2, 0.25) is 0 Å². The third-order valence-corrected chi connectivity index (χ3v) is 3.42. The molecule has 1 aliphatic heterocycles. The maximum atomic E-state index is 11.6. The highest BCUT2D eigenvalue weighted by Gasteiger charge is 2.12. The quantitative estimate of drug-likeness (QED) is 0.749. The molecule has 108 valence electrons. The summed E-state index contributed by atoms with van der Waals surface area (Å²) in [4.78, 5) is 25.8. The van der Waals surface area contributed by atoms with Crippen molar-refractivity contribution in [1.82, 2.24) is 4.98 Å². The minimum Gasteiger partial charge on any atom is -0.360 e. The van der Waals surface area contributed by atoms with E-state index in [1.54, 1.807) is 25.3 Å². The Morgan fingerprint density at radius 3 is 2.73 bits per heavy atom. The Bertz CT molecular complexity index is 903. The molecule has 1 amide bonds. The molecular formula is C16H12N4O2. The van der Waals surface area contributed by atoms with Gasteiger partial charge in [0, 0.05) is 23.5 Å². The average Bonchev–Trinajstić information content (AvgIpc) is 2.67. The first-order valence-electron chi connectivity index (χ1n) is 6.61. The van der Waals surface area contributed by atoms with Crippen molar-refractivity contribution in [1.29, 1.82) is 5.26 Å². The van der Waals surface area contributed by atoms with Crippen molar-refractivity contribution in [3.63, 3.8) is 0 Å². The van der Waals surface area contributed by atoms with E-state index in [0.717, 1.165) is 16.8 Å². The number of aromatic nitrogens is 1. The fourth-order valence-electron chi connectivity index (χ4n) is 2.33. The Labute approximate surface area is 126 Å². The first-order chi connectivity index (χ1) is 10.6. The van der Waals surface area contributed by atoms with E-state index >= 15 is 0 Å². The van der Waals surface area contributed by atoms with Crippen molar-refractivity contribution in [3.8, 4) is 17.2 Å². The van der Waals surface area contributed by atoms with E-state index in [2.05, 4.69) is 15.6 Å². The summed E-state index contributed by atoms with van der Waals surface area (Å²) in [7, 11) is 0. The number of amides is 1. The number of rotatable bonds is 1. The number of fused-ring (bicyclic) bond motifs is 1. The standard InChI is InChI=1S/C16H12N4O2/c1-9-12(6-11(8-17)16(22)19-9)10-2-3-13-14(7-10)18-5-4-15(21)20-13/h2-7,18H,1H3,(H,19,22)(H,20,21). The fraction of sp³-hybridized carbons (Fsp3) is 0.0625. The molecule has 6 nitrogen and oxygen atoms in total. The molecule has 1 aromatic carbocycles. The number of H-pyrrole nitrogens is 1. The number of carbonyl (C=O) groups excluding carboxylic acids is 1. The van der Waals surface area contributed by atoms with Crippen molar-refractivity contribution < 1.29 is 4.79 Å². The highest BCUT2D eigenvalue weighted by atomic mass is 16.1. The summed E-state index contributed by atoms with van der Waals surface area (Å²) in [5.74, 6) is -0.203. The lowest BCUT2D eigenvalue weighted by molar-refractivity contribution is -0.111. The van der Waals surface area contributed by atoms with Gasteiger partial charge < -0.3 is 15.6 Å². The highest BCUT2D eigenvalue weighted by Crippen LogP contribution is 2.31. The number of nitriles is 1. The van der Waals surface area contributed by atoms with Crippen LogP contribution in [-0.2, 0) is 4.79 Å². The summed E-state index contributed by atoms with van der Waals surface area (Å²) in [6.07, 6.45) is 2.96. The molecule has 3 N–H and O–H groups in total. The molecule has 2 aromatic rings. The third kappa shape index (κ3) is 2.36. The second kappa shape index (κ2) is 5.22. The Balaban J connectivity index is 2.13. The van der Waals surface area contributed by atoms with Gasteiger partial charge in [0.05, 0.1) is 11.4 Å². The van der Waals surface area contributed by atoms with Gasteiger partial charge in [-0.1, -0.05) is 6.07 Å². The molecule has 0 spiro atoms. The van der Waals surface area contributed by atoms with Gasteiger partial charge in [-0.25, -0.2) is 0 Å². The Hall–Kier alpha value is -3.33. The zero-order valence-electron chi connectivity index (χ0n) is 11.7. The van der Waals surface area contributed by atoms with Crippen LogP contribution in [0.15, 0.2) is 41.3 Å². The smallest absolute Gasteiger partial charge is 0.266 e. The number of nitrogens with one attached hydrogen (secondary N) is 3. The SMILES string of the molecule is Cc1[nH]c(=O)c(C#N)cc1-c1ccc2c(c1)NC=CC(=O)N2. The maximum Gasteiger partial charge on any atom is 0.266 e. The Morgan fingerprint density at radius 1 is 1.14 bits per heavy atom. The normalized spacial score (nSPS) is 12.6. The van der Waals surface area contributed by atoms with Gasteiger partial charge >= 0.3 is 0 Å². The zero-order valence-corrected chi connectivity index (χ0v) is 11.7. The van der Waals surface area contributed by atoms with Crippen LogP contribution < -0.4 is 16.2 Å². The largest absolute Gasteiger partial charge is 0.360 e. The summed E-state index contributed by atoms with van der Waals surface area (Å²) >= 11 is 0. The summed E-state index contributed by atoms with van der Waals surface area (Å²) in [6.45, 7) is 1.78. The lowest BCUT2D eigenvalue weighted by Gasteiger charge is -2.12. The van der Waals surface area contributed by atoms with E-state index in [1.165, 1.54) is 6.08 Å². The molecule has 0 bridgehead atoms. The molecule has 2 heterocycles. The van der Waals surface area contributed by atoms with Gasteiger partial charge in [0.25, 0.3) is 5.56 Å². The molecule has 22 heavy (non-hydrogen) atoms. The molecule has 0 atom stereocenters. The number of benzene rings is 1. The van der Waals surface area contributed by atoms with E-state index in [4.69, 9.17) is 5.26 Å². The second-order valence-corrected chi connectivity index (χ2v) is 4.89. The predicted octanol–water partition coefficient (Wildman–Crippen LogP) is 2.10. The summed E-state index contributed by atoms with van der Waals surface area (Å²) in [6, 6.07) is 8.91. The van der Waals surface area contributed by atoms with Gasteiger partial charge in [-0.3, -0.25) is 9.59 Å². The number of hydrogen-bond acceptors (Lipinski definition) is 4. The van der Waals surface area contributed by atoms with Crippen LogP contribution in [0.5, 0.6) is 0 Å². The van der Waals surface area contributed by atoms with Crippen molar-refractivity contribution in [2.75, 3.05) is 10.6 Å². The molecule has 1 aliphatic rings. The summed E-state index contributed by atoms with van der Waals surface area (Å²) in [5.41, 5.74) is 3.35. The zero-order chi connectivity index (χ0) is 15.7. The number of aryl methyl sites for hydroxylation is 1. The second-order valence-electron chi connectivity index (χ2n) is 4.89. The molecule has 1 aromatic heterocycles. The number of hydrogen-bond donors (Lipinski definition) is 3. The first kappa shape index (κ1) is 13.6. The minimum absolute atomic E-state index is 0.0664. The molecule has 3 rings (SSSR count). The molecule has 6 heteroatoms. The Kier molecular flexibility index (Phi) is 3.24. The van der Waals surface area contributed by atoms with Gasteiger partial charge in [0.2, 0.25) is 5.91 Å². The number of anilines is 2. The number of carbonyl (C=O) groups is 1. The maximum absolute atomic E-state index is 11.6. The minimum atomic E-state index is -0.396. The molecular weight excluding hydrogens is 280 g/mol. The molecule has 0 unspecified atom stereocenters. The molecule has 0 radical (unpaired) electrons. The fourth-order valence-corrected chi connectivity index (χ4v) is 2.33. The van der Waals surface area contributed by atoms with E-state index in [-0.39, 0.29) is 11.5 Å². The molecule has 0 fully saturated rings. The van der Waals surface area contributed by atoms with Gasteiger partial charge in [-0.05, 0) is 30.7 Å². The number of nitrogens with zero attached hydrogens (tertiary/aromatic N) is 1.